The van der Waals surface area contributed by atoms with Crippen molar-refractivity contribution in [1.82, 2.24) is 5.32 Å². The molecule has 0 bridgehead atoms. The minimum atomic E-state index is 0.344. The van der Waals surface area contributed by atoms with Gasteiger partial charge in [0.1, 0.15) is 0 Å². The highest BCUT2D eigenvalue weighted by atomic mass is 32.2. The predicted octanol–water partition coefficient (Wildman–Crippen LogP) is 2.24. The predicted molar refractivity (Wildman–Crippen MR) is 70.4 cm³/mol. The Morgan fingerprint density at radius 3 is 2.60 bits per heavy atom. The maximum absolute atomic E-state index is 5.82. The summed E-state index contributed by atoms with van der Waals surface area (Å²) in [6, 6.07) is 0.662. The van der Waals surface area contributed by atoms with Crippen LogP contribution in [0.5, 0.6) is 0 Å². The van der Waals surface area contributed by atoms with Crippen molar-refractivity contribution >= 4 is 11.8 Å². The molecule has 0 saturated heterocycles. The fourth-order valence-corrected chi connectivity index (χ4v) is 2.44. The Hall–Kier alpha value is 0.270. The van der Waals surface area contributed by atoms with Crippen LogP contribution in [0.25, 0.3) is 0 Å². The molecule has 0 radical (unpaired) electrons. The second kappa shape index (κ2) is 6.12. The fourth-order valence-electron chi connectivity index (χ4n) is 2.21. The van der Waals surface area contributed by atoms with E-state index < -0.39 is 0 Å². The molecule has 3 N–H and O–H groups in total. The minimum absolute atomic E-state index is 0.344. The van der Waals surface area contributed by atoms with Gasteiger partial charge in [0, 0.05) is 17.3 Å². The van der Waals surface area contributed by atoms with Crippen molar-refractivity contribution in [2.24, 2.45) is 11.7 Å². The fraction of sp³-hybridized carbons (Fsp3) is 1.00. The van der Waals surface area contributed by atoms with Crippen molar-refractivity contribution in [3.63, 3.8) is 0 Å². The molecule has 2 nitrogen and oxygen atoms in total. The van der Waals surface area contributed by atoms with Gasteiger partial charge in [-0.05, 0) is 45.4 Å². The molecule has 1 aliphatic carbocycles. The van der Waals surface area contributed by atoms with Crippen LogP contribution >= 0.6 is 11.8 Å². The molecule has 15 heavy (non-hydrogen) atoms. The van der Waals surface area contributed by atoms with Crippen molar-refractivity contribution in [3.8, 4) is 0 Å². The molecule has 2 unspecified atom stereocenters. The van der Waals surface area contributed by atoms with Gasteiger partial charge >= 0.3 is 0 Å². The highest BCUT2D eigenvalue weighted by Gasteiger charge is 2.25. The molecule has 1 saturated carbocycles. The number of nitrogens with one attached hydrogen (secondary N) is 1. The number of nitrogens with two attached hydrogens (primary N) is 1. The van der Waals surface area contributed by atoms with Gasteiger partial charge in [0.15, 0.2) is 0 Å². The molecular formula is C12H26N2S. The average Bonchev–Trinajstić information content (AvgIpc) is 2.27. The van der Waals surface area contributed by atoms with Gasteiger partial charge in [-0.3, -0.25) is 0 Å². The lowest BCUT2D eigenvalue weighted by atomic mass is 9.84. The normalized spacial score (nSPS) is 28.0. The van der Waals surface area contributed by atoms with E-state index in [4.69, 9.17) is 5.73 Å². The zero-order valence-corrected chi connectivity index (χ0v) is 11.2. The summed E-state index contributed by atoms with van der Waals surface area (Å²) >= 11 is 1.93. The lowest BCUT2D eigenvalue weighted by molar-refractivity contribution is 0.264. The molecule has 0 amide bonds. The van der Waals surface area contributed by atoms with Crippen LogP contribution in [0, 0.1) is 5.92 Å². The monoisotopic (exact) mass is 230 g/mol. The summed E-state index contributed by atoms with van der Waals surface area (Å²) in [6.07, 6.45) is 7.54. The van der Waals surface area contributed by atoms with Gasteiger partial charge in [-0.25, -0.2) is 0 Å². The summed E-state index contributed by atoms with van der Waals surface area (Å²) < 4.78 is 0.344. The summed E-state index contributed by atoms with van der Waals surface area (Å²) in [5, 5.41) is 3.71. The quantitative estimate of drug-likeness (QED) is 0.761. The SMILES string of the molecule is CSC(C)(C)CNC1CCCCC1CN. The Balaban J connectivity index is 2.35. The van der Waals surface area contributed by atoms with E-state index in [2.05, 4.69) is 25.4 Å². The molecule has 1 rings (SSSR count). The third kappa shape index (κ3) is 4.33. The molecule has 0 spiro atoms. The first-order chi connectivity index (χ1) is 7.09. The molecule has 1 fully saturated rings. The van der Waals surface area contributed by atoms with Gasteiger partial charge in [0.25, 0.3) is 0 Å². The van der Waals surface area contributed by atoms with E-state index in [9.17, 15) is 0 Å². The van der Waals surface area contributed by atoms with E-state index in [0.29, 0.717) is 16.7 Å². The van der Waals surface area contributed by atoms with Crippen molar-refractivity contribution in [2.75, 3.05) is 19.3 Å². The van der Waals surface area contributed by atoms with Crippen LogP contribution < -0.4 is 11.1 Å². The topological polar surface area (TPSA) is 38.0 Å². The van der Waals surface area contributed by atoms with Crippen LogP contribution in [-0.4, -0.2) is 30.1 Å². The van der Waals surface area contributed by atoms with Gasteiger partial charge in [-0.15, -0.1) is 0 Å². The van der Waals surface area contributed by atoms with Crippen LogP contribution in [0.2, 0.25) is 0 Å². The molecule has 90 valence electrons. The highest BCUT2D eigenvalue weighted by molar-refractivity contribution is 7.99. The summed E-state index contributed by atoms with van der Waals surface area (Å²) in [5.41, 5.74) is 5.82. The van der Waals surface area contributed by atoms with Crippen LogP contribution in [0.15, 0.2) is 0 Å². The Morgan fingerprint density at radius 2 is 2.00 bits per heavy atom. The molecule has 2 atom stereocenters. The van der Waals surface area contributed by atoms with Gasteiger partial charge in [0.05, 0.1) is 0 Å². The lowest BCUT2D eigenvalue weighted by Crippen LogP contribution is -2.46. The number of hydrogen-bond donors (Lipinski definition) is 2. The number of hydrogen-bond acceptors (Lipinski definition) is 3. The first-order valence-electron chi connectivity index (χ1n) is 6.07. The smallest absolute Gasteiger partial charge is 0.0225 e. The van der Waals surface area contributed by atoms with E-state index in [1.807, 2.05) is 11.8 Å². The first kappa shape index (κ1) is 13.3. The van der Waals surface area contributed by atoms with E-state index in [-0.39, 0.29) is 0 Å². The summed E-state index contributed by atoms with van der Waals surface area (Å²) in [5.74, 6) is 0.705. The van der Waals surface area contributed by atoms with Crippen LogP contribution in [-0.2, 0) is 0 Å². The summed E-state index contributed by atoms with van der Waals surface area (Å²) in [4.78, 5) is 0. The molecule has 1 aliphatic rings. The second-order valence-electron chi connectivity index (χ2n) is 5.23. The average molecular weight is 230 g/mol. The van der Waals surface area contributed by atoms with Crippen LogP contribution in [0.1, 0.15) is 39.5 Å². The van der Waals surface area contributed by atoms with E-state index >= 15 is 0 Å². The van der Waals surface area contributed by atoms with E-state index in [1.54, 1.807) is 0 Å². The number of rotatable bonds is 5. The molecule has 0 heterocycles. The van der Waals surface area contributed by atoms with Crippen LogP contribution in [0.3, 0.4) is 0 Å². The van der Waals surface area contributed by atoms with Crippen molar-refractivity contribution in [1.29, 1.82) is 0 Å². The van der Waals surface area contributed by atoms with Gasteiger partial charge in [0.2, 0.25) is 0 Å². The maximum Gasteiger partial charge on any atom is 0.0225 e. The van der Waals surface area contributed by atoms with E-state index in [0.717, 1.165) is 13.1 Å². The lowest BCUT2D eigenvalue weighted by Gasteiger charge is -2.34. The molecule has 3 heteroatoms. The standard InChI is InChI=1S/C12H26N2S/c1-12(2,15-3)9-14-11-7-5-4-6-10(11)8-13/h10-11,14H,4-9,13H2,1-3H3. The summed E-state index contributed by atoms with van der Waals surface area (Å²) in [6.45, 7) is 6.53. The van der Waals surface area contributed by atoms with Gasteiger partial charge in [-0.1, -0.05) is 12.8 Å². The van der Waals surface area contributed by atoms with Gasteiger partial charge < -0.3 is 11.1 Å². The van der Waals surface area contributed by atoms with Crippen LogP contribution in [0.4, 0.5) is 0 Å². The molecule has 0 aromatic rings. The Morgan fingerprint density at radius 1 is 1.33 bits per heavy atom. The Bertz CT molecular complexity index is 182. The Labute approximate surface area is 98.8 Å². The zero-order valence-electron chi connectivity index (χ0n) is 10.4. The minimum Gasteiger partial charge on any atom is -0.330 e. The van der Waals surface area contributed by atoms with Crippen molar-refractivity contribution < 1.29 is 0 Å². The largest absolute Gasteiger partial charge is 0.330 e. The molecule has 0 aliphatic heterocycles. The number of thioether (sulfide) groups is 1. The summed E-state index contributed by atoms with van der Waals surface area (Å²) in [7, 11) is 0. The van der Waals surface area contributed by atoms with Crippen molar-refractivity contribution in [3.05, 3.63) is 0 Å². The van der Waals surface area contributed by atoms with E-state index in [1.165, 1.54) is 25.7 Å². The third-order valence-electron chi connectivity index (χ3n) is 3.55. The zero-order chi connectivity index (χ0) is 11.3. The van der Waals surface area contributed by atoms with Gasteiger partial charge in [-0.2, -0.15) is 11.8 Å². The maximum atomic E-state index is 5.82. The highest BCUT2D eigenvalue weighted by Crippen LogP contribution is 2.25. The molecular weight excluding hydrogens is 204 g/mol. The Kier molecular flexibility index (Phi) is 5.44. The molecule has 0 aromatic carbocycles. The second-order valence-corrected chi connectivity index (χ2v) is 6.74. The molecule has 0 aromatic heterocycles. The van der Waals surface area contributed by atoms with Crippen molar-refractivity contribution in [2.45, 2.75) is 50.3 Å². The first-order valence-corrected chi connectivity index (χ1v) is 7.30. The third-order valence-corrected chi connectivity index (χ3v) is 4.80.